The van der Waals surface area contributed by atoms with E-state index in [0.717, 1.165) is 22.9 Å². The number of hydrogen-bond acceptors (Lipinski definition) is 1. The van der Waals surface area contributed by atoms with E-state index in [0.29, 0.717) is 0 Å². The maximum Gasteiger partial charge on any atom is 0.0790 e. The summed E-state index contributed by atoms with van der Waals surface area (Å²) in [5.74, 6) is 0. The quantitative estimate of drug-likeness (QED) is 0.788. The van der Waals surface area contributed by atoms with Crippen LogP contribution in [0.5, 0.6) is 0 Å². The van der Waals surface area contributed by atoms with Crippen molar-refractivity contribution in [2.75, 3.05) is 0 Å². The highest BCUT2D eigenvalue weighted by Gasteiger charge is 2.07. The van der Waals surface area contributed by atoms with Gasteiger partial charge in [-0.1, -0.05) is 54.2 Å². The number of aliphatic hydroxyl groups excluding tert-OH is 1. The van der Waals surface area contributed by atoms with Crippen LogP contribution in [0.25, 0.3) is 0 Å². The largest absolute Gasteiger partial charge is 0.388 e. The molecule has 1 unspecified atom stereocenters. The minimum absolute atomic E-state index is 0.312. The Balaban J connectivity index is 2.57. The number of unbranched alkanes of at least 4 members (excludes halogenated alkanes) is 2. The Labute approximate surface area is 101 Å². The summed E-state index contributed by atoms with van der Waals surface area (Å²) in [6.45, 7) is 4.23. The summed E-state index contributed by atoms with van der Waals surface area (Å²) in [6, 6.07) is 6.07. The van der Waals surface area contributed by atoms with Gasteiger partial charge >= 0.3 is 0 Å². The summed E-state index contributed by atoms with van der Waals surface area (Å²) < 4.78 is 1.08. The molecule has 15 heavy (non-hydrogen) atoms. The summed E-state index contributed by atoms with van der Waals surface area (Å²) in [5, 5.41) is 9.94. The number of hydrogen-bond donors (Lipinski definition) is 1. The van der Waals surface area contributed by atoms with Gasteiger partial charge in [0.2, 0.25) is 0 Å². The molecular formula is C13H19BrO. The zero-order valence-electron chi connectivity index (χ0n) is 9.46. The highest BCUT2D eigenvalue weighted by molar-refractivity contribution is 9.10. The van der Waals surface area contributed by atoms with Crippen molar-refractivity contribution < 1.29 is 5.11 Å². The smallest absolute Gasteiger partial charge is 0.0790 e. The van der Waals surface area contributed by atoms with E-state index in [4.69, 9.17) is 0 Å². The van der Waals surface area contributed by atoms with Crippen molar-refractivity contribution in [3.8, 4) is 0 Å². The lowest BCUT2D eigenvalue weighted by Crippen LogP contribution is -1.97. The van der Waals surface area contributed by atoms with E-state index in [-0.39, 0.29) is 6.10 Å². The Bertz CT molecular complexity index is 309. The molecule has 0 saturated heterocycles. The molecule has 2 heteroatoms. The van der Waals surface area contributed by atoms with Gasteiger partial charge in [0.1, 0.15) is 0 Å². The first-order valence-corrected chi connectivity index (χ1v) is 6.38. The van der Waals surface area contributed by atoms with Gasteiger partial charge < -0.3 is 5.11 Å². The standard InChI is InChI=1S/C13H19BrO/c1-3-4-5-6-13(15)11-8-7-10(2)12(14)9-11/h7-9,13,15H,3-6H2,1-2H3. The predicted molar refractivity (Wildman–Crippen MR) is 68.0 cm³/mol. The molecule has 0 radical (unpaired) electrons. The van der Waals surface area contributed by atoms with Crippen LogP contribution in [0.1, 0.15) is 49.8 Å². The molecule has 0 aliphatic carbocycles. The maximum absolute atomic E-state index is 9.94. The second kappa shape index (κ2) is 6.29. The molecule has 1 rings (SSSR count). The van der Waals surface area contributed by atoms with Gasteiger partial charge in [-0.05, 0) is 30.5 Å². The van der Waals surface area contributed by atoms with Crippen molar-refractivity contribution in [3.05, 3.63) is 33.8 Å². The maximum atomic E-state index is 9.94. The predicted octanol–water partition coefficient (Wildman–Crippen LogP) is 4.37. The van der Waals surface area contributed by atoms with Crippen LogP contribution in [0.15, 0.2) is 22.7 Å². The fraction of sp³-hybridized carbons (Fsp3) is 0.538. The molecule has 1 N–H and O–H groups in total. The monoisotopic (exact) mass is 270 g/mol. The summed E-state index contributed by atoms with van der Waals surface area (Å²) in [7, 11) is 0. The number of aliphatic hydroxyl groups is 1. The topological polar surface area (TPSA) is 20.2 Å². The molecule has 1 aromatic carbocycles. The minimum atomic E-state index is -0.312. The highest BCUT2D eigenvalue weighted by Crippen LogP contribution is 2.24. The molecule has 0 aromatic heterocycles. The van der Waals surface area contributed by atoms with Crippen LogP contribution < -0.4 is 0 Å². The van der Waals surface area contributed by atoms with E-state index in [1.807, 2.05) is 18.2 Å². The first-order chi connectivity index (χ1) is 7.15. The van der Waals surface area contributed by atoms with Crippen molar-refractivity contribution in [2.45, 2.75) is 45.6 Å². The van der Waals surface area contributed by atoms with E-state index in [9.17, 15) is 5.11 Å². The lowest BCUT2D eigenvalue weighted by atomic mass is 10.0. The van der Waals surface area contributed by atoms with E-state index in [1.54, 1.807) is 0 Å². The number of rotatable bonds is 5. The molecule has 0 saturated carbocycles. The van der Waals surface area contributed by atoms with Crippen LogP contribution in [0.2, 0.25) is 0 Å². The normalized spacial score (nSPS) is 12.8. The van der Waals surface area contributed by atoms with Crippen molar-refractivity contribution in [2.24, 2.45) is 0 Å². The van der Waals surface area contributed by atoms with Crippen molar-refractivity contribution in [1.29, 1.82) is 0 Å². The zero-order valence-corrected chi connectivity index (χ0v) is 11.0. The summed E-state index contributed by atoms with van der Waals surface area (Å²) in [5.41, 5.74) is 2.23. The van der Waals surface area contributed by atoms with Crippen LogP contribution >= 0.6 is 15.9 Å². The van der Waals surface area contributed by atoms with Gasteiger partial charge in [-0.3, -0.25) is 0 Å². The Kier molecular flexibility index (Phi) is 5.34. The van der Waals surface area contributed by atoms with E-state index < -0.39 is 0 Å². The van der Waals surface area contributed by atoms with Crippen molar-refractivity contribution in [3.63, 3.8) is 0 Å². The molecule has 0 aliphatic rings. The molecule has 0 bridgehead atoms. The van der Waals surface area contributed by atoms with Crippen LogP contribution in [0, 0.1) is 6.92 Å². The lowest BCUT2D eigenvalue weighted by Gasteiger charge is -2.11. The Hall–Kier alpha value is -0.340. The van der Waals surface area contributed by atoms with Crippen LogP contribution in [0.3, 0.4) is 0 Å². The molecule has 1 atom stereocenters. The molecular weight excluding hydrogens is 252 g/mol. The molecule has 0 fully saturated rings. The van der Waals surface area contributed by atoms with Crippen LogP contribution in [0.4, 0.5) is 0 Å². The van der Waals surface area contributed by atoms with Gasteiger partial charge in [0.15, 0.2) is 0 Å². The summed E-state index contributed by atoms with van der Waals surface area (Å²) >= 11 is 3.49. The first-order valence-electron chi connectivity index (χ1n) is 5.59. The SMILES string of the molecule is CCCCCC(O)c1ccc(C)c(Br)c1. The van der Waals surface area contributed by atoms with Gasteiger partial charge in [0.05, 0.1) is 6.10 Å². The fourth-order valence-electron chi connectivity index (χ4n) is 1.57. The van der Waals surface area contributed by atoms with Gasteiger partial charge in [-0.2, -0.15) is 0 Å². The Morgan fingerprint density at radius 2 is 2.07 bits per heavy atom. The molecule has 1 nitrogen and oxygen atoms in total. The van der Waals surface area contributed by atoms with Gasteiger partial charge in [-0.15, -0.1) is 0 Å². The number of benzene rings is 1. The fourth-order valence-corrected chi connectivity index (χ4v) is 1.97. The van der Waals surface area contributed by atoms with Crippen LogP contribution in [-0.4, -0.2) is 5.11 Å². The molecule has 0 spiro atoms. The first kappa shape index (κ1) is 12.7. The summed E-state index contributed by atoms with van der Waals surface area (Å²) in [6.07, 6.45) is 4.05. The van der Waals surface area contributed by atoms with Crippen molar-refractivity contribution in [1.82, 2.24) is 0 Å². The third-order valence-corrected chi connectivity index (χ3v) is 3.52. The van der Waals surface area contributed by atoms with Crippen molar-refractivity contribution >= 4 is 15.9 Å². The molecule has 1 aromatic rings. The molecule has 0 amide bonds. The second-order valence-electron chi connectivity index (χ2n) is 4.02. The average molecular weight is 271 g/mol. The van der Waals surface area contributed by atoms with Gasteiger partial charge in [0, 0.05) is 4.47 Å². The van der Waals surface area contributed by atoms with E-state index >= 15 is 0 Å². The van der Waals surface area contributed by atoms with Gasteiger partial charge in [0.25, 0.3) is 0 Å². The molecule has 0 heterocycles. The van der Waals surface area contributed by atoms with E-state index in [1.165, 1.54) is 18.4 Å². The van der Waals surface area contributed by atoms with Crippen LogP contribution in [-0.2, 0) is 0 Å². The van der Waals surface area contributed by atoms with Gasteiger partial charge in [-0.25, -0.2) is 0 Å². The summed E-state index contributed by atoms with van der Waals surface area (Å²) in [4.78, 5) is 0. The van der Waals surface area contributed by atoms with E-state index in [2.05, 4.69) is 29.8 Å². The minimum Gasteiger partial charge on any atom is -0.388 e. The number of halogens is 1. The highest BCUT2D eigenvalue weighted by atomic mass is 79.9. The Morgan fingerprint density at radius 1 is 1.33 bits per heavy atom. The molecule has 84 valence electrons. The third-order valence-electron chi connectivity index (χ3n) is 2.66. The Morgan fingerprint density at radius 3 is 2.67 bits per heavy atom. The lowest BCUT2D eigenvalue weighted by molar-refractivity contribution is 0.163. The third kappa shape index (κ3) is 3.96. The zero-order chi connectivity index (χ0) is 11.3. The average Bonchev–Trinajstić information content (AvgIpc) is 2.22. The second-order valence-corrected chi connectivity index (χ2v) is 4.87. The number of aryl methyl sites for hydroxylation is 1. The molecule has 0 aliphatic heterocycles.